The van der Waals surface area contributed by atoms with Crippen molar-refractivity contribution in [3.8, 4) is 5.75 Å². The van der Waals surface area contributed by atoms with Gasteiger partial charge in [0.1, 0.15) is 24.2 Å². The van der Waals surface area contributed by atoms with Gasteiger partial charge in [-0.05, 0) is 50.1 Å². The lowest BCUT2D eigenvalue weighted by Crippen LogP contribution is -2.38. The maximum absolute atomic E-state index is 14.0. The van der Waals surface area contributed by atoms with Crippen LogP contribution in [0.4, 0.5) is 18.9 Å². The Labute approximate surface area is 280 Å². The molecule has 2 atom stereocenters. The number of benzene rings is 2. The highest BCUT2D eigenvalue weighted by molar-refractivity contribution is 6.30. The van der Waals surface area contributed by atoms with Crippen molar-refractivity contribution in [2.45, 2.75) is 50.8 Å². The number of alkyl halides is 3. The number of nitro groups is 1. The lowest BCUT2D eigenvalue weighted by Gasteiger charge is -2.31. The number of allylic oxidation sites excluding steroid dienone is 2. The SMILES string of the molecule is COC(=O)C1=C(C(F)(F)F)NC(C)=C(C(=O)OCCCCCCNCC(O)COc2cccc(Cl)c2)C1c1cccc([N+](=O)[O-])c1.Cl. The number of ether oxygens (including phenoxy) is 3. The molecule has 1 aliphatic heterocycles. The molecule has 0 saturated carbocycles. The second-order valence-electron chi connectivity index (χ2n) is 10.4. The number of nitrogens with zero attached hydrogens (tertiary/aromatic N) is 1. The van der Waals surface area contributed by atoms with Gasteiger partial charge in [-0.15, -0.1) is 12.4 Å². The van der Waals surface area contributed by atoms with Gasteiger partial charge in [0.25, 0.3) is 5.69 Å². The molecule has 0 bridgehead atoms. The van der Waals surface area contributed by atoms with Crippen molar-refractivity contribution in [3.05, 3.63) is 91.8 Å². The third kappa shape index (κ3) is 11.4. The summed E-state index contributed by atoms with van der Waals surface area (Å²) in [6.07, 6.45) is -3.09. The molecule has 0 amide bonds. The van der Waals surface area contributed by atoms with Crippen LogP contribution in [-0.4, -0.2) is 67.7 Å². The molecule has 0 radical (unpaired) electrons. The fraction of sp³-hybridized carbons (Fsp3) is 0.419. The number of nitro benzene ring substituents is 1. The molecule has 0 saturated heterocycles. The van der Waals surface area contributed by atoms with Gasteiger partial charge in [-0.1, -0.05) is 42.6 Å². The van der Waals surface area contributed by atoms with Crippen LogP contribution >= 0.6 is 24.0 Å². The van der Waals surface area contributed by atoms with Crippen molar-refractivity contribution < 1.29 is 47.0 Å². The lowest BCUT2D eigenvalue weighted by molar-refractivity contribution is -0.384. The van der Waals surface area contributed by atoms with Gasteiger partial charge in [0.2, 0.25) is 0 Å². The van der Waals surface area contributed by atoms with E-state index < -0.39 is 52.0 Å². The van der Waals surface area contributed by atoms with Gasteiger partial charge in [-0.25, -0.2) is 9.59 Å². The molecular formula is C31H36Cl2F3N3O8. The molecule has 0 aromatic heterocycles. The van der Waals surface area contributed by atoms with E-state index in [1.807, 2.05) is 0 Å². The Morgan fingerprint density at radius 2 is 1.79 bits per heavy atom. The number of methoxy groups -OCH3 is 1. The molecule has 3 rings (SSSR count). The van der Waals surface area contributed by atoms with Gasteiger partial charge in [-0.2, -0.15) is 13.2 Å². The fourth-order valence-electron chi connectivity index (χ4n) is 4.83. The third-order valence-corrected chi connectivity index (χ3v) is 7.22. The topological polar surface area (TPSA) is 149 Å². The minimum absolute atomic E-state index is 0. The van der Waals surface area contributed by atoms with E-state index >= 15 is 0 Å². The van der Waals surface area contributed by atoms with Gasteiger partial charge in [0.15, 0.2) is 0 Å². The Morgan fingerprint density at radius 1 is 1.09 bits per heavy atom. The number of rotatable bonds is 16. The molecule has 1 heterocycles. The highest BCUT2D eigenvalue weighted by Gasteiger charge is 2.47. The number of non-ortho nitro benzene ring substituents is 1. The number of unbranched alkanes of at least 4 members (excludes halogenated alkanes) is 3. The van der Waals surface area contributed by atoms with E-state index in [4.69, 9.17) is 21.1 Å². The molecule has 47 heavy (non-hydrogen) atoms. The van der Waals surface area contributed by atoms with Crippen molar-refractivity contribution in [3.63, 3.8) is 0 Å². The summed E-state index contributed by atoms with van der Waals surface area (Å²) in [5.41, 5.74) is -3.38. The highest BCUT2D eigenvalue weighted by atomic mass is 35.5. The first-order valence-electron chi connectivity index (χ1n) is 14.4. The zero-order valence-electron chi connectivity index (χ0n) is 25.6. The van der Waals surface area contributed by atoms with Crippen LogP contribution in [0, 0.1) is 10.1 Å². The smallest absolute Gasteiger partial charge is 0.431 e. The largest absolute Gasteiger partial charge is 0.491 e. The van der Waals surface area contributed by atoms with Gasteiger partial charge >= 0.3 is 18.1 Å². The van der Waals surface area contributed by atoms with Crippen LogP contribution in [-0.2, 0) is 19.1 Å². The molecule has 3 N–H and O–H groups in total. The Kier molecular flexibility index (Phi) is 15.5. The van der Waals surface area contributed by atoms with E-state index in [0.717, 1.165) is 32.1 Å². The monoisotopic (exact) mass is 705 g/mol. The molecule has 11 nitrogen and oxygen atoms in total. The minimum Gasteiger partial charge on any atom is -0.491 e. The summed E-state index contributed by atoms with van der Waals surface area (Å²) in [4.78, 5) is 36.6. The van der Waals surface area contributed by atoms with Crippen LogP contribution in [0.15, 0.2) is 71.1 Å². The van der Waals surface area contributed by atoms with E-state index in [2.05, 4.69) is 15.4 Å². The van der Waals surface area contributed by atoms with Crippen molar-refractivity contribution in [2.24, 2.45) is 0 Å². The predicted molar refractivity (Wildman–Crippen MR) is 169 cm³/mol. The molecule has 258 valence electrons. The summed E-state index contributed by atoms with van der Waals surface area (Å²) < 4.78 is 57.6. The second-order valence-corrected chi connectivity index (χ2v) is 10.8. The average Bonchev–Trinajstić information content (AvgIpc) is 3.01. The number of nitrogens with one attached hydrogen (secondary N) is 2. The van der Waals surface area contributed by atoms with Gasteiger partial charge in [0, 0.05) is 29.4 Å². The number of aliphatic hydroxyl groups is 1. The summed E-state index contributed by atoms with van der Waals surface area (Å²) in [6.45, 7) is 2.23. The quantitative estimate of drug-likeness (QED) is 0.0853. The van der Waals surface area contributed by atoms with E-state index in [1.54, 1.807) is 24.3 Å². The van der Waals surface area contributed by atoms with E-state index in [0.29, 0.717) is 36.7 Å². The van der Waals surface area contributed by atoms with Crippen LogP contribution in [0.3, 0.4) is 0 Å². The number of hydrogen-bond acceptors (Lipinski definition) is 10. The van der Waals surface area contributed by atoms with E-state index in [9.17, 15) is 38.0 Å². The molecule has 0 fully saturated rings. The highest BCUT2D eigenvalue weighted by Crippen LogP contribution is 2.44. The van der Waals surface area contributed by atoms with Crippen LogP contribution in [0.25, 0.3) is 0 Å². The molecule has 16 heteroatoms. The molecule has 1 aliphatic rings. The Balaban J connectivity index is 0.00000768. The maximum Gasteiger partial charge on any atom is 0.431 e. The van der Waals surface area contributed by atoms with Crippen LogP contribution < -0.4 is 15.4 Å². The van der Waals surface area contributed by atoms with Crippen molar-refractivity contribution in [1.82, 2.24) is 10.6 Å². The summed E-state index contributed by atoms with van der Waals surface area (Å²) in [5.74, 6) is -3.41. The molecule has 2 aromatic rings. The summed E-state index contributed by atoms with van der Waals surface area (Å²) in [6, 6.07) is 11.5. The first kappa shape index (κ1) is 39.3. The normalized spacial score (nSPS) is 15.3. The number of carbonyl (C=O) groups is 2. The summed E-state index contributed by atoms with van der Waals surface area (Å²) in [7, 11) is 0.895. The van der Waals surface area contributed by atoms with Gasteiger partial charge < -0.3 is 30.0 Å². The number of carbonyl (C=O) groups excluding carboxylic acids is 2. The predicted octanol–water partition coefficient (Wildman–Crippen LogP) is 5.75. The minimum atomic E-state index is -5.03. The molecule has 2 aromatic carbocycles. The maximum atomic E-state index is 14.0. The number of dihydropyridines is 1. The Hall–Kier alpha value is -3.85. The Bertz CT molecular complexity index is 1470. The van der Waals surface area contributed by atoms with E-state index in [1.165, 1.54) is 19.1 Å². The number of halogens is 5. The lowest BCUT2D eigenvalue weighted by atomic mass is 9.80. The number of aliphatic hydroxyl groups excluding tert-OH is 1. The van der Waals surface area contributed by atoms with Crippen LogP contribution in [0.5, 0.6) is 5.75 Å². The fourth-order valence-corrected chi connectivity index (χ4v) is 5.01. The second kappa shape index (κ2) is 18.5. The zero-order valence-corrected chi connectivity index (χ0v) is 27.2. The van der Waals surface area contributed by atoms with Crippen LogP contribution in [0.1, 0.15) is 44.1 Å². The number of esters is 2. The first-order chi connectivity index (χ1) is 21.8. The summed E-state index contributed by atoms with van der Waals surface area (Å²) in [5, 5.41) is 27.3. The third-order valence-electron chi connectivity index (χ3n) is 6.99. The summed E-state index contributed by atoms with van der Waals surface area (Å²) >= 11 is 5.91. The Morgan fingerprint density at radius 3 is 2.45 bits per heavy atom. The standard InChI is InChI=1S/C31H35ClF3N3O8.ClH/c1-19-25(26(20-9-7-11-22(15-20)38(42)43)27(29(40)44-2)28(37-19)31(33,34)35)30(41)45-14-6-4-3-5-13-36-17-23(39)18-46-24-12-8-10-21(32)16-24;/h7-12,15-16,23,26,36-37,39H,3-6,13-14,17-18H2,1-2H3;1H. The van der Waals surface area contributed by atoms with Crippen molar-refractivity contribution >= 4 is 41.6 Å². The van der Waals surface area contributed by atoms with Crippen molar-refractivity contribution in [2.75, 3.05) is 33.4 Å². The number of hydrogen-bond donors (Lipinski definition) is 3. The average molecular weight is 707 g/mol. The molecule has 0 aliphatic carbocycles. The molecule has 0 spiro atoms. The van der Waals surface area contributed by atoms with E-state index in [-0.39, 0.29) is 42.5 Å². The van der Waals surface area contributed by atoms with Crippen molar-refractivity contribution in [1.29, 1.82) is 0 Å². The van der Waals surface area contributed by atoms with Gasteiger partial charge in [-0.3, -0.25) is 10.1 Å². The zero-order chi connectivity index (χ0) is 33.9. The first-order valence-corrected chi connectivity index (χ1v) is 14.8. The van der Waals surface area contributed by atoms with Crippen LogP contribution in [0.2, 0.25) is 5.02 Å². The van der Waals surface area contributed by atoms with Gasteiger partial charge in [0.05, 0.1) is 35.7 Å². The molecule has 2 unspecified atom stereocenters. The molecular weight excluding hydrogens is 670 g/mol.